The number of ether oxygens (including phenoxy) is 2. The molecule has 0 aliphatic carbocycles. The number of hydrogen-bond donors (Lipinski definition) is 2. The standard InChI is InChI=1S/C19H21F3N6O4/c20-19(21,22)11-32-18(30)28-8-6-12(7-9-28)15(29)31-10-14-25-16(23)27-17(26-14)24-13-4-2-1-3-5-13/h1-5,12H,6-11H2,(H3,23,24,25,26,27). The molecule has 0 radical (unpaired) electrons. The first-order chi connectivity index (χ1) is 15.2. The lowest BCUT2D eigenvalue weighted by Crippen LogP contribution is -2.41. The number of carbonyl (C=O) groups is 2. The molecule has 3 N–H and O–H groups in total. The first-order valence-electron chi connectivity index (χ1n) is 9.67. The van der Waals surface area contributed by atoms with Gasteiger partial charge in [0.05, 0.1) is 5.92 Å². The highest BCUT2D eigenvalue weighted by Crippen LogP contribution is 2.21. The number of piperidine rings is 1. The summed E-state index contributed by atoms with van der Waals surface area (Å²) in [5.41, 5.74) is 6.43. The highest BCUT2D eigenvalue weighted by atomic mass is 19.4. The summed E-state index contributed by atoms with van der Waals surface area (Å²) < 4.78 is 45.9. The lowest BCUT2D eigenvalue weighted by atomic mass is 9.97. The van der Waals surface area contributed by atoms with Gasteiger partial charge in [-0.05, 0) is 25.0 Å². The molecule has 1 saturated heterocycles. The van der Waals surface area contributed by atoms with Crippen LogP contribution in [0, 0.1) is 5.92 Å². The molecule has 0 spiro atoms. The number of carbonyl (C=O) groups excluding carboxylic acids is 2. The molecule has 0 bridgehead atoms. The zero-order chi connectivity index (χ0) is 23.1. The number of benzene rings is 1. The average molecular weight is 454 g/mol. The number of alkyl halides is 3. The number of hydrogen-bond acceptors (Lipinski definition) is 9. The van der Waals surface area contributed by atoms with Gasteiger partial charge in [0.2, 0.25) is 11.9 Å². The number of rotatable bonds is 6. The smallest absolute Gasteiger partial charge is 0.422 e. The number of halogens is 3. The zero-order valence-corrected chi connectivity index (χ0v) is 16.8. The number of nitrogens with two attached hydrogens (primary N) is 1. The summed E-state index contributed by atoms with van der Waals surface area (Å²) >= 11 is 0. The number of likely N-dealkylation sites (tertiary alicyclic amines) is 1. The number of esters is 1. The molecule has 1 aliphatic rings. The Morgan fingerprint density at radius 2 is 1.78 bits per heavy atom. The predicted octanol–water partition coefficient (Wildman–Crippen LogP) is 2.65. The molecule has 0 saturated carbocycles. The van der Waals surface area contributed by atoms with Gasteiger partial charge in [0.15, 0.2) is 19.0 Å². The van der Waals surface area contributed by atoms with Crippen molar-refractivity contribution in [1.29, 1.82) is 0 Å². The predicted molar refractivity (Wildman–Crippen MR) is 105 cm³/mol. The molecule has 0 atom stereocenters. The third-order valence-corrected chi connectivity index (χ3v) is 4.52. The van der Waals surface area contributed by atoms with Crippen molar-refractivity contribution in [2.24, 2.45) is 5.92 Å². The van der Waals surface area contributed by atoms with E-state index in [1.54, 1.807) is 0 Å². The second-order valence-electron chi connectivity index (χ2n) is 6.96. The fourth-order valence-electron chi connectivity index (χ4n) is 3.00. The Bertz CT molecular complexity index is 936. The Balaban J connectivity index is 1.47. The minimum absolute atomic E-state index is 0.0462. The molecule has 2 heterocycles. The van der Waals surface area contributed by atoms with Gasteiger partial charge in [0.1, 0.15) is 0 Å². The van der Waals surface area contributed by atoms with Crippen LogP contribution in [0.1, 0.15) is 18.7 Å². The fraction of sp³-hybridized carbons (Fsp3) is 0.421. The van der Waals surface area contributed by atoms with Gasteiger partial charge in [0.25, 0.3) is 0 Å². The number of anilines is 3. The van der Waals surface area contributed by atoms with Crippen LogP contribution in [0.15, 0.2) is 30.3 Å². The number of nitrogen functional groups attached to an aromatic ring is 1. The third-order valence-electron chi connectivity index (χ3n) is 4.52. The summed E-state index contributed by atoms with van der Waals surface area (Å²) in [7, 11) is 0. The second-order valence-corrected chi connectivity index (χ2v) is 6.96. The number of amides is 1. The largest absolute Gasteiger partial charge is 0.457 e. The van der Waals surface area contributed by atoms with Gasteiger partial charge in [-0.3, -0.25) is 4.79 Å². The van der Waals surface area contributed by atoms with E-state index in [0.29, 0.717) is 0 Å². The van der Waals surface area contributed by atoms with Crippen LogP contribution >= 0.6 is 0 Å². The maximum Gasteiger partial charge on any atom is 0.422 e. The van der Waals surface area contributed by atoms with E-state index < -0.39 is 30.8 Å². The van der Waals surface area contributed by atoms with Crippen molar-refractivity contribution in [1.82, 2.24) is 19.9 Å². The molecule has 2 aromatic rings. The number of aromatic nitrogens is 3. The van der Waals surface area contributed by atoms with E-state index in [1.165, 1.54) is 0 Å². The molecule has 13 heteroatoms. The van der Waals surface area contributed by atoms with Gasteiger partial charge in [-0.25, -0.2) is 4.79 Å². The highest BCUT2D eigenvalue weighted by molar-refractivity contribution is 5.73. The molecule has 10 nitrogen and oxygen atoms in total. The molecule has 1 aliphatic heterocycles. The van der Waals surface area contributed by atoms with E-state index in [-0.39, 0.29) is 50.3 Å². The molecule has 1 aromatic carbocycles. The Kier molecular flexibility index (Phi) is 7.28. The first kappa shape index (κ1) is 23.0. The monoisotopic (exact) mass is 454 g/mol. The second kappa shape index (κ2) is 10.1. The Hall–Kier alpha value is -3.64. The van der Waals surface area contributed by atoms with Crippen molar-refractivity contribution in [2.45, 2.75) is 25.6 Å². The van der Waals surface area contributed by atoms with Crippen LogP contribution in [-0.2, 0) is 20.9 Å². The molecule has 1 aromatic heterocycles. The minimum atomic E-state index is -4.59. The van der Waals surface area contributed by atoms with Crippen LogP contribution in [0.5, 0.6) is 0 Å². The Labute approximate surface area is 180 Å². The molecule has 1 fully saturated rings. The van der Waals surface area contributed by atoms with Crippen LogP contribution in [0.25, 0.3) is 0 Å². The zero-order valence-electron chi connectivity index (χ0n) is 16.8. The quantitative estimate of drug-likeness (QED) is 0.632. The maximum atomic E-state index is 12.3. The molecule has 32 heavy (non-hydrogen) atoms. The number of nitrogens with zero attached hydrogens (tertiary/aromatic N) is 4. The van der Waals surface area contributed by atoms with E-state index in [0.717, 1.165) is 10.6 Å². The molecule has 1 amide bonds. The van der Waals surface area contributed by atoms with E-state index in [9.17, 15) is 22.8 Å². The maximum absolute atomic E-state index is 12.3. The normalized spacial score (nSPS) is 14.7. The lowest BCUT2D eigenvalue weighted by Gasteiger charge is -2.30. The van der Waals surface area contributed by atoms with Gasteiger partial charge >= 0.3 is 18.2 Å². The topological polar surface area (TPSA) is 133 Å². The summed E-state index contributed by atoms with van der Waals surface area (Å²) in [4.78, 5) is 37.2. The molecule has 0 unspecified atom stereocenters. The average Bonchev–Trinajstić information content (AvgIpc) is 2.76. The van der Waals surface area contributed by atoms with Crippen LogP contribution in [0.3, 0.4) is 0 Å². The SMILES string of the molecule is Nc1nc(COC(=O)C2CCN(C(=O)OCC(F)(F)F)CC2)nc(Nc2ccccc2)n1. The van der Waals surface area contributed by atoms with Crippen molar-refractivity contribution >= 4 is 29.6 Å². The highest BCUT2D eigenvalue weighted by Gasteiger charge is 2.33. The summed E-state index contributed by atoms with van der Waals surface area (Å²) in [6, 6.07) is 9.14. The van der Waals surface area contributed by atoms with Crippen LogP contribution < -0.4 is 11.1 Å². The summed E-state index contributed by atoms with van der Waals surface area (Å²) in [6.45, 7) is -1.71. The van der Waals surface area contributed by atoms with E-state index in [4.69, 9.17) is 10.5 Å². The summed E-state index contributed by atoms with van der Waals surface area (Å²) in [6.07, 6.45) is -5.18. The van der Waals surface area contributed by atoms with Crippen LogP contribution in [-0.4, -0.2) is 57.8 Å². The molecular weight excluding hydrogens is 433 g/mol. The molecule has 3 rings (SSSR count). The molecular formula is C19H21F3N6O4. The van der Waals surface area contributed by atoms with Gasteiger partial charge in [-0.1, -0.05) is 18.2 Å². The summed E-state index contributed by atoms with van der Waals surface area (Å²) in [5, 5.41) is 2.97. The van der Waals surface area contributed by atoms with Gasteiger partial charge in [-0.15, -0.1) is 0 Å². The van der Waals surface area contributed by atoms with E-state index in [1.807, 2.05) is 30.3 Å². The number of nitrogens with one attached hydrogen (secondary N) is 1. The van der Waals surface area contributed by atoms with Crippen molar-refractivity contribution in [3.05, 3.63) is 36.2 Å². The fourth-order valence-corrected chi connectivity index (χ4v) is 3.00. The third kappa shape index (κ3) is 6.96. The molecule has 172 valence electrons. The van der Waals surface area contributed by atoms with Gasteiger partial charge in [-0.2, -0.15) is 28.1 Å². The lowest BCUT2D eigenvalue weighted by molar-refractivity contribution is -0.163. The van der Waals surface area contributed by atoms with Crippen molar-refractivity contribution in [3.63, 3.8) is 0 Å². The first-order valence-corrected chi connectivity index (χ1v) is 9.67. The number of para-hydroxylation sites is 1. The van der Waals surface area contributed by atoms with Crippen LogP contribution in [0.4, 0.5) is 35.5 Å². The van der Waals surface area contributed by atoms with Crippen molar-refractivity contribution < 1.29 is 32.2 Å². The van der Waals surface area contributed by atoms with Crippen molar-refractivity contribution in [3.8, 4) is 0 Å². The van der Waals surface area contributed by atoms with E-state index >= 15 is 0 Å². The van der Waals surface area contributed by atoms with Gasteiger partial charge in [0, 0.05) is 18.8 Å². The van der Waals surface area contributed by atoms with Gasteiger partial charge < -0.3 is 25.4 Å². The Morgan fingerprint density at radius 1 is 1.09 bits per heavy atom. The minimum Gasteiger partial charge on any atom is -0.457 e. The van der Waals surface area contributed by atoms with Crippen LogP contribution in [0.2, 0.25) is 0 Å². The van der Waals surface area contributed by atoms with Crippen molar-refractivity contribution in [2.75, 3.05) is 30.7 Å². The summed E-state index contributed by atoms with van der Waals surface area (Å²) in [5.74, 6) is -0.736. The Morgan fingerprint density at radius 3 is 2.44 bits per heavy atom. The van der Waals surface area contributed by atoms with E-state index in [2.05, 4.69) is 25.0 Å².